The summed E-state index contributed by atoms with van der Waals surface area (Å²) in [5.74, 6) is 3.40. The Morgan fingerprint density at radius 1 is 1.10 bits per heavy atom. The summed E-state index contributed by atoms with van der Waals surface area (Å²) in [6, 6.07) is 15.7. The molecule has 31 heavy (non-hydrogen) atoms. The molecule has 8 heteroatoms. The number of thioether (sulfide) groups is 1. The molecule has 158 valence electrons. The van der Waals surface area contributed by atoms with E-state index in [-0.39, 0.29) is 5.56 Å². The molecule has 0 radical (unpaired) electrons. The molecule has 7 nitrogen and oxygen atoms in total. The first kappa shape index (κ1) is 19.7. The molecule has 5 rings (SSSR count). The number of aromatic nitrogens is 4. The number of methoxy groups -OCH3 is 1. The average molecular weight is 434 g/mol. The molecule has 2 aromatic heterocycles. The van der Waals surface area contributed by atoms with Crippen LogP contribution < -0.4 is 15.2 Å². The first-order valence-electron chi connectivity index (χ1n) is 10.2. The van der Waals surface area contributed by atoms with Gasteiger partial charge < -0.3 is 14.6 Å². The fourth-order valence-corrected chi connectivity index (χ4v) is 4.88. The first-order valence-corrected chi connectivity index (χ1v) is 11.3. The van der Waals surface area contributed by atoms with Gasteiger partial charge in [-0.25, -0.2) is 9.67 Å². The summed E-state index contributed by atoms with van der Waals surface area (Å²) in [5.41, 5.74) is 3.71. The summed E-state index contributed by atoms with van der Waals surface area (Å²) in [6.45, 7) is 2.04. The van der Waals surface area contributed by atoms with E-state index in [4.69, 9.17) is 9.72 Å². The summed E-state index contributed by atoms with van der Waals surface area (Å²) in [6.07, 6.45) is 0. The largest absolute Gasteiger partial charge is 0.496 e. The van der Waals surface area contributed by atoms with E-state index in [1.807, 2.05) is 54.2 Å². The van der Waals surface area contributed by atoms with Gasteiger partial charge in [0, 0.05) is 49.0 Å². The van der Waals surface area contributed by atoms with E-state index in [1.165, 1.54) is 0 Å². The number of nitrogens with one attached hydrogen (secondary N) is 1. The summed E-state index contributed by atoms with van der Waals surface area (Å²) in [4.78, 5) is 23.1. The maximum atomic E-state index is 13.1. The highest BCUT2D eigenvalue weighted by atomic mass is 32.2. The Bertz CT molecular complexity index is 1290. The van der Waals surface area contributed by atoms with Crippen LogP contribution in [0.3, 0.4) is 0 Å². The Labute approximate surface area is 184 Å². The van der Waals surface area contributed by atoms with Crippen LogP contribution in [-0.2, 0) is 7.05 Å². The van der Waals surface area contributed by atoms with E-state index in [2.05, 4.69) is 21.0 Å². The highest BCUT2D eigenvalue weighted by Crippen LogP contribution is 2.33. The number of anilines is 1. The van der Waals surface area contributed by atoms with E-state index >= 15 is 0 Å². The number of hydrogen-bond acceptors (Lipinski definition) is 6. The highest BCUT2D eigenvalue weighted by molar-refractivity contribution is 7.99. The standard InChI is InChI=1S/C23H23N5O2S/c1-27-22-19(20(26-27)15-6-4-3-5-7-15)23(29)25-21(24-22)17-9-8-16(14-18(17)30-2)28-10-12-31-13-11-28/h3-9,14H,10-13H2,1-2H3,(H,24,25,29). The zero-order valence-corrected chi connectivity index (χ0v) is 18.3. The molecule has 0 atom stereocenters. The zero-order chi connectivity index (χ0) is 21.4. The molecule has 0 amide bonds. The minimum Gasteiger partial charge on any atom is -0.496 e. The number of hydrogen-bond donors (Lipinski definition) is 1. The van der Waals surface area contributed by atoms with E-state index in [1.54, 1.807) is 18.8 Å². The van der Waals surface area contributed by atoms with Gasteiger partial charge in [-0.05, 0) is 12.1 Å². The van der Waals surface area contributed by atoms with Gasteiger partial charge in [0.25, 0.3) is 5.56 Å². The van der Waals surface area contributed by atoms with E-state index in [9.17, 15) is 4.79 Å². The molecule has 0 bridgehead atoms. The maximum absolute atomic E-state index is 13.1. The normalized spacial score (nSPS) is 14.2. The van der Waals surface area contributed by atoms with E-state index in [0.29, 0.717) is 28.3 Å². The fourth-order valence-electron chi connectivity index (χ4n) is 3.98. The molecule has 0 unspecified atom stereocenters. The van der Waals surface area contributed by atoms with Crippen LogP contribution in [0.4, 0.5) is 5.69 Å². The molecular weight excluding hydrogens is 410 g/mol. The van der Waals surface area contributed by atoms with Gasteiger partial charge in [-0.3, -0.25) is 4.79 Å². The Hall–Kier alpha value is -3.26. The molecule has 1 fully saturated rings. The molecule has 4 aromatic rings. The second kappa shape index (κ2) is 8.11. The summed E-state index contributed by atoms with van der Waals surface area (Å²) in [5, 5.41) is 5.05. The van der Waals surface area contributed by atoms with Gasteiger partial charge in [-0.15, -0.1) is 0 Å². The van der Waals surface area contributed by atoms with Crippen molar-refractivity contribution < 1.29 is 4.74 Å². The monoisotopic (exact) mass is 433 g/mol. The van der Waals surface area contributed by atoms with Crippen molar-refractivity contribution in [2.75, 3.05) is 36.6 Å². The van der Waals surface area contributed by atoms with Gasteiger partial charge in [0.15, 0.2) is 5.65 Å². The van der Waals surface area contributed by atoms with Crippen LogP contribution in [0.1, 0.15) is 0 Å². The second-order valence-electron chi connectivity index (χ2n) is 7.44. The van der Waals surface area contributed by atoms with Crippen LogP contribution in [0.15, 0.2) is 53.3 Å². The van der Waals surface area contributed by atoms with Gasteiger partial charge in [0.2, 0.25) is 0 Å². The third kappa shape index (κ3) is 3.57. The Morgan fingerprint density at radius 2 is 1.87 bits per heavy atom. The van der Waals surface area contributed by atoms with Gasteiger partial charge in [-0.2, -0.15) is 16.9 Å². The van der Waals surface area contributed by atoms with Crippen LogP contribution in [0.5, 0.6) is 5.75 Å². The molecule has 0 saturated carbocycles. The Kier molecular flexibility index (Phi) is 5.15. The third-order valence-electron chi connectivity index (χ3n) is 5.56. The van der Waals surface area contributed by atoms with Crippen LogP contribution in [0.2, 0.25) is 0 Å². The lowest BCUT2D eigenvalue weighted by Gasteiger charge is -2.29. The van der Waals surface area contributed by atoms with Crippen LogP contribution in [0, 0.1) is 0 Å². The highest BCUT2D eigenvalue weighted by Gasteiger charge is 2.20. The number of rotatable bonds is 4. The van der Waals surface area contributed by atoms with Crippen LogP contribution in [-0.4, -0.2) is 51.5 Å². The number of aryl methyl sites for hydroxylation is 1. The topological polar surface area (TPSA) is 76.0 Å². The molecule has 1 N–H and O–H groups in total. The number of ether oxygens (including phenoxy) is 1. The van der Waals surface area contributed by atoms with Gasteiger partial charge in [-0.1, -0.05) is 30.3 Å². The lowest BCUT2D eigenvalue weighted by Crippen LogP contribution is -2.32. The lowest BCUT2D eigenvalue weighted by atomic mass is 10.1. The van der Waals surface area contributed by atoms with E-state index in [0.717, 1.165) is 41.4 Å². The smallest absolute Gasteiger partial charge is 0.262 e. The Balaban J connectivity index is 1.61. The first-order chi connectivity index (χ1) is 15.2. The van der Waals surface area contributed by atoms with Crippen molar-refractivity contribution in [1.82, 2.24) is 19.7 Å². The van der Waals surface area contributed by atoms with Gasteiger partial charge in [0.05, 0.1) is 12.7 Å². The van der Waals surface area contributed by atoms with Crippen LogP contribution >= 0.6 is 11.8 Å². The Morgan fingerprint density at radius 3 is 2.61 bits per heavy atom. The number of H-pyrrole nitrogens is 1. The van der Waals surface area contributed by atoms with Crippen LogP contribution in [0.25, 0.3) is 33.7 Å². The number of benzene rings is 2. The number of fused-ring (bicyclic) bond motifs is 1. The maximum Gasteiger partial charge on any atom is 0.262 e. The van der Waals surface area contributed by atoms with Crippen molar-refractivity contribution in [3.63, 3.8) is 0 Å². The molecule has 0 aliphatic carbocycles. The van der Waals surface area contributed by atoms with Crippen molar-refractivity contribution in [2.24, 2.45) is 7.05 Å². The molecule has 1 aliphatic rings. The van der Waals surface area contributed by atoms with Crippen molar-refractivity contribution in [3.8, 4) is 28.4 Å². The molecule has 2 aromatic carbocycles. The predicted octanol–water partition coefficient (Wildman–Crippen LogP) is 3.55. The molecule has 1 saturated heterocycles. The van der Waals surface area contributed by atoms with Crippen molar-refractivity contribution in [2.45, 2.75) is 0 Å². The molecule has 1 aliphatic heterocycles. The zero-order valence-electron chi connectivity index (χ0n) is 17.5. The van der Waals surface area contributed by atoms with E-state index < -0.39 is 0 Å². The molecular formula is C23H23N5O2S. The summed E-state index contributed by atoms with van der Waals surface area (Å²) >= 11 is 1.98. The summed E-state index contributed by atoms with van der Waals surface area (Å²) in [7, 11) is 3.45. The number of aromatic amines is 1. The molecule has 3 heterocycles. The third-order valence-corrected chi connectivity index (χ3v) is 6.50. The minimum atomic E-state index is -0.217. The van der Waals surface area contributed by atoms with Crippen molar-refractivity contribution in [1.29, 1.82) is 0 Å². The van der Waals surface area contributed by atoms with Crippen molar-refractivity contribution >= 4 is 28.5 Å². The SMILES string of the molecule is COc1cc(N2CCSCC2)ccc1-c1nc2c(c(-c3ccccc3)nn2C)c(=O)[nH]1. The predicted molar refractivity (Wildman–Crippen MR) is 126 cm³/mol. The van der Waals surface area contributed by atoms with Crippen molar-refractivity contribution in [3.05, 3.63) is 58.9 Å². The second-order valence-corrected chi connectivity index (χ2v) is 8.66. The van der Waals surface area contributed by atoms with Gasteiger partial charge in [0.1, 0.15) is 22.7 Å². The van der Waals surface area contributed by atoms with Gasteiger partial charge >= 0.3 is 0 Å². The number of nitrogens with zero attached hydrogens (tertiary/aromatic N) is 4. The fraction of sp³-hybridized carbons (Fsp3) is 0.261. The quantitative estimate of drug-likeness (QED) is 0.530. The average Bonchev–Trinajstić information content (AvgIpc) is 3.16. The molecule has 0 spiro atoms. The lowest BCUT2D eigenvalue weighted by molar-refractivity contribution is 0.416. The minimum absolute atomic E-state index is 0.217. The summed E-state index contributed by atoms with van der Waals surface area (Å²) < 4.78 is 7.33.